The molecule has 1 rings (SSSR count). The molecular formula is C14H29NO2. The molecule has 1 fully saturated rings. The maximum Gasteiger partial charge on any atom is 0.158 e. The van der Waals surface area contributed by atoms with Gasteiger partial charge in [-0.05, 0) is 39.7 Å². The van der Waals surface area contributed by atoms with Gasteiger partial charge in [0.25, 0.3) is 0 Å². The zero-order chi connectivity index (χ0) is 12.5. The van der Waals surface area contributed by atoms with E-state index in [0.29, 0.717) is 0 Å². The van der Waals surface area contributed by atoms with Crippen LogP contribution in [-0.2, 0) is 9.47 Å². The quantitative estimate of drug-likeness (QED) is 0.521. The van der Waals surface area contributed by atoms with Crippen LogP contribution in [0.5, 0.6) is 0 Å². The standard InChI is InChI=1S/C14H29NO2/c1-4-7-11-15(13-8-9-13)12-10-14(16-5-2)17-6-3/h13-14H,4-12H2,1-3H3. The lowest BCUT2D eigenvalue weighted by Gasteiger charge is -2.24. The fourth-order valence-electron chi connectivity index (χ4n) is 2.14. The molecule has 0 spiro atoms. The summed E-state index contributed by atoms with van der Waals surface area (Å²) in [5.41, 5.74) is 0. The summed E-state index contributed by atoms with van der Waals surface area (Å²) in [6, 6.07) is 0.852. The highest BCUT2D eigenvalue weighted by molar-refractivity contribution is 4.84. The van der Waals surface area contributed by atoms with Gasteiger partial charge in [-0.1, -0.05) is 13.3 Å². The second-order valence-electron chi connectivity index (χ2n) is 4.75. The lowest BCUT2D eigenvalue weighted by Crippen LogP contribution is -2.32. The third kappa shape index (κ3) is 6.39. The average Bonchev–Trinajstić information content (AvgIpc) is 3.14. The van der Waals surface area contributed by atoms with E-state index in [0.717, 1.165) is 32.2 Å². The second kappa shape index (κ2) is 8.90. The van der Waals surface area contributed by atoms with E-state index < -0.39 is 0 Å². The Kier molecular flexibility index (Phi) is 7.82. The summed E-state index contributed by atoms with van der Waals surface area (Å²) >= 11 is 0. The van der Waals surface area contributed by atoms with Gasteiger partial charge in [0.05, 0.1) is 0 Å². The van der Waals surface area contributed by atoms with Crippen LogP contribution in [0.25, 0.3) is 0 Å². The van der Waals surface area contributed by atoms with Gasteiger partial charge >= 0.3 is 0 Å². The molecule has 0 aliphatic heterocycles. The van der Waals surface area contributed by atoms with Crippen LogP contribution < -0.4 is 0 Å². The Balaban J connectivity index is 2.22. The monoisotopic (exact) mass is 243 g/mol. The minimum Gasteiger partial charge on any atom is -0.353 e. The average molecular weight is 243 g/mol. The van der Waals surface area contributed by atoms with E-state index in [2.05, 4.69) is 11.8 Å². The predicted octanol–water partition coefficient (Wildman–Crippen LogP) is 3.04. The summed E-state index contributed by atoms with van der Waals surface area (Å²) in [7, 11) is 0. The van der Waals surface area contributed by atoms with Crippen LogP contribution in [0.1, 0.15) is 52.9 Å². The number of ether oxygens (including phenoxy) is 2. The number of nitrogens with zero attached hydrogens (tertiary/aromatic N) is 1. The van der Waals surface area contributed by atoms with Gasteiger partial charge in [-0.2, -0.15) is 0 Å². The summed E-state index contributed by atoms with van der Waals surface area (Å²) in [4.78, 5) is 2.62. The number of rotatable bonds is 11. The van der Waals surface area contributed by atoms with E-state index in [1.54, 1.807) is 0 Å². The SMILES string of the molecule is CCCCN(CCC(OCC)OCC)C1CC1. The molecule has 0 N–H and O–H groups in total. The minimum absolute atomic E-state index is 0.00660. The van der Waals surface area contributed by atoms with Crippen LogP contribution in [0.2, 0.25) is 0 Å². The molecule has 0 bridgehead atoms. The summed E-state index contributed by atoms with van der Waals surface area (Å²) < 4.78 is 11.2. The van der Waals surface area contributed by atoms with Crippen molar-refractivity contribution in [2.45, 2.75) is 65.2 Å². The van der Waals surface area contributed by atoms with Crippen molar-refractivity contribution in [2.75, 3.05) is 26.3 Å². The van der Waals surface area contributed by atoms with Crippen LogP contribution in [0.4, 0.5) is 0 Å². The summed E-state index contributed by atoms with van der Waals surface area (Å²) in [6.45, 7) is 10.2. The minimum atomic E-state index is -0.00660. The molecular weight excluding hydrogens is 214 g/mol. The molecule has 3 heteroatoms. The Morgan fingerprint density at radius 2 is 1.71 bits per heavy atom. The van der Waals surface area contributed by atoms with Crippen molar-refractivity contribution in [3.05, 3.63) is 0 Å². The first-order valence-corrected chi connectivity index (χ1v) is 7.29. The highest BCUT2D eigenvalue weighted by atomic mass is 16.7. The molecule has 0 unspecified atom stereocenters. The van der Waals surface area contributed by atoms with Crippen molar-refractivity contribution in [2.24, 2.45) is 0 Å². The number of unbranched alkanes of at least 4 members (excludes halogenated alkanes) is 1. The summed E-state index contributed by atoms with van der Waals surface area (Å²) in [6.07, 6.45) is 6.36. The van der Waals surface area contributed by atoms with Gasteiger partial charge < -0.3 is 14.4 Å². The van der Waals surface area contributed by atoms with Gasteiger partial charge in [0.15, 0.2) is 6.29 Å². The molecule has 0 aromatic rings. The highest BCUT2D eigenvalue weighted by Crippen LogP contribution is 2.27. The molecule has 3 nitrogen and oxygen atoms in total. The second-order valence-corrected chi connectivity index (χ2v) is 4.75. The van der Waals surface area contributed by atoms with Crippen molar-refractivity contribution in [1.29, 1.82) is 0 Å². The van der Waals surface area contributed by atoms with Crippen LogP contribution in [0.15, 0.2) is 0 Å². The van der Waals surface area contributed by atoms with Crippen LogP contribution >= 0.6 is 0 Å². The molecule has 17 heavy (non-hydrogen) atoms. The lowest BCUT2D eigenvalue weighted by atomic mass is 10.3. The zero-order valence-corrected chi connectivity index (χ0v) is 11.8. The van der Waals surface area contributed by atoms with Gasteiger partial charge in [-0.25, -0.2) is 0 Å². The molecule has 0 heterocycles. The molecule has 0 radical (unpaired) electrons. The van der Waals surface area contributed by atoms with E-state index in [4.69, 9.17) is 9.47 Å². The van der Waals surface area contributed by atoms with E-state index in [-0.39, 0.29) is 6.29 Å². The van der Waals surface area contributed by atoms with E-state index >= 15 is 0 Å². The normalized spacial score (nSPS) is 16.1. The van der Waals surface area contributed by atoms with Crippen molar-refractivity contribution >= 4 is 0 Å². The Morgan fingerprint density at radius 1 is 1.06 bits per heavy atom. The van der Waals surface area contributed by atoms with Gasteiger partial charge in [0, 0.05) is 32.2 Å². The smallest absolute Gasteiger partial charge is 0.158 e. The summed E-state index contributed by atoms with van der Waals surface area (Å²) in [5.74, 6) is 0. The van der Waals surface area contributed by atoms with Crippen molar-refractivity contribution in [1.82, 2.24) is 4.90 Å². The van der Waals surface area contributed by atoms with Crippen LogP contribution in [0, 0.1) is 0 Å². The molecule has 0 atom stereocenters. The first-order chi connectivity index (χ1) is 8.31. The van der Waals surface area contributed by atoms with Gasteiger partial charge in [-0.15, -0.1) is 0 Å². The fraction of sp³-hybridized carbons (Fsp3) is 1.00. The zero-order valence-electron chi connectivity index (χ0n) is 11.8. The number of hydrogen-bond acceptors (Lipinski definition) is 3. The molecule has 1 saturated carbocycles. The Morgan fingerprint density at radius 3 is 2.18 bits per heavy atom. The first kappa shape index (κ1) is 14.9. The maximum absolute atomic E-state index is 5.59. The Bertz CT molecular complexity index is 177. The molecule has 0 saturated heterocycles. The largest absolute Gasteiger partial charge is 0.353 e. The first-order valence-electron chi connectivity index (χ1n) is 7.29. The van der Waals surface area contributed by atoms with E-state index in [9.17, 15) is 0 Å². The third-order valence-electron chi connectivity index (χ3n) is 3.22. The number of hydrogen-bond donors (Lipinski definition) is 0. The van der Waals surface area contributed by atoms with Gasteiger partial charge in [0.2, 0.25) is 0 Å². The molecule has 102 valence electrons. The molecule has 0 amide bonds. The molecule has 0 aromatic carbocycles. The molecule has 1 aliphatic rings. The van der Waals surface area contributed by atoms with E-state index in [1.807, 2.05) is 13.8 Å². The van der Waals surface area contributed by atoms with Crippen molar-refractivity contribution in [3.8, 4) is 0 Å². The topological polar surface area (TPSA) is 21.7 Å². The van der Waals surface area contributed by atoms with Crippen LogP contribution in [-0.4, -0.2) is 43.5 Å². The maximum atomic E-state index is 5.59. The molecule has 1 aliphatic carbocycles. The molecule has 0 aromatic heterocycles. The van der Waals surface area contributed by atoms with Gasteiger partial charge in [0.1, 0.15) is 0 Å². The Hall–Kier alpha value is -0.120. The Labute approximate surface area is 106 Å². The van der Waals surface area contributed by atoms with Crippen molar-refractivity contribution in [3.63, 3.8) is 0 Å². The van der Waals surface area contributed by atoms with Crippen molar-refractivity contribution < 1.29 is 9.47 Å². The third-order valence-corrected chi connectivity index (χ3v) is 3.22. The summed E-state index contributed by atoms with van der Waals surface area (Å²) in [5, 5.41) is 0. The predicted molar refractivity (Wildman–Crippen MR) is 71.2 cm³/mol. The highest BCUT2D eigenvalue weighted by Gasteiger charge is 2.28. The van der Waals surface area contributed by atoms with Crippen LogP contribution in [0.3, 0.4) is 0 Å². The fourth-order valence-corrected chi connectivity index (χ4v) is 2.14. The van der Waals surface area contributed by atoms with Gasteiger partial charge in [-0.3, -0.25) is 0 Å². The van der Waals surface area contributed by atoms with E-state index in [1.165, 1.54) is 32.2 Å². The lowest BCUT2D eigenvalue weighted by molar-refractivity contribution is -0.141.